The number of nitrogens with zero attached hydrogens (tertiary/aromatic N) is 3. The van der Waals surface area contributed by atoms with Gasteiger partial charge in [-0.1, -0.05) is 6.92 Å². The number of piperazine rings is 1. The first-order chi connectivity index (χ1) is 8.69. The van der Waals surface area contributed by atoms with Crippen LogP contribution in [0.3, 0.4) is 0 Å². The van der Waals surface area contributed by atoms with E-state index < -0.39 is 0 Å². The molecule has 4 fully saturated rings. The molecule has 104 valence electrons. The SMILES string of the molecule is CCN1C2CC1CN(C1CCN(C(C)C)CC1)C2. The van der Waals surface area contributed by atoms with E-state index in [-0.39, 0.29) is 0 Å². The van der Waals surface area contributed by atoms with Crippen LogP contribution < -0.4 is 0 Å². The molecule has 4 aliphatic rings. The molecule has 18 heavy (non-hydrogen) atoms. The van der Waals surface area contributed by atoms with Crippen LogP contribution in [0.4, 0.5) is 0 Å². The quantitative estimate of drug-likeness (QED) is 0.755. The van der Waals surface area contributed by atoms with Crippen LogP contribution in [0.25, 0.3) is 0 Å². The lowest BCUT2D eigenvalue weighted by molar-refractivity contribution is -0.0860. The molecule has 0 N–H and O–H groups in total. The fourth-order valence-corrected chi connectivity index (χ4v) is 4.30. The van der Waals surface area contributed by atoms with Crippen LogP contribution >= 0.6 is 0 Å². The summed E-state index contributed by atoms with van der Waals surface area (Å²) in [5, 5.41) is 0. The van der Waals surface area contributed by atoms with Crippen LogP contribution in [0.15, 0.2) is 0 Å². The Morgan fingerprint density at radius 1 is 1.00 bits per heavy atom. The van der Waals surface area contributed by atoms with Crippen molar-refractivity contribution in [1.29, 1.82) is 0 Å². The first-order valence-electron chi connectivity index (χ1n) is 7.93. The van der Waals surface area contributed by atoms with Crippen molar-refractivity contribution in [2.45, 2.75) is 64.2 Å². The Labute approximate surface area is 112 Å². The Balaban J connectivity index is 1.50. The van der Waals surface area contributed by atoms with E-state index in [9.17, 15) is 0 Å². The number of likely N-dealkylation sites (N-methyl/N-ethyl adjacent to an activating group) is 1. The first kappa shape index (κ1) is 12.9. The molecule has 2 unspecified atom stereocenters. The second-order valence-corrected chi connectivity index (χ2v) is 6.69. The molecule has 0 aromatic rings. The zero-order valence-corrected chi connectivity index (χ0v) is 12.3. The van der Waals surface area contributed by atoms with Gasteiger partial charge in [0, 0.05) is 37.3 Å². The van der Waals surface area contributed by atoms with Gasteiger partial charge in [0.25, 0.3) is 0 Å². The highest BCUT2D eigenvalue weighted by Gasteiger charge is 2.45. The lowest BCUT2D eigenvalue weighted by Crippen LogP contribution is -2.70. The van der Waals surface area contributed by atoms with Gasteiger partial charge in [-0.05, 0) is 52.7 Å². The van der Waals surface area contributed by atoms with Crippen LogP contribution in [0.2, 0.25) is 0 Å². The predicted octanol–water partition coefficient (Wildman–Crippen LogP) is 1.64. The van der Waals surface area contributed by atoms with Crippen molar-refractivity contribution in [2.24, 2.45) is 0 Å². The Morgan fingerprint density at radius 3 is 2.11 bits per heavy atom. The fourth-order valence-electron chi connectivity index (χ4n) is 4.30. The molecule has 4 aliphatic heterocycles. The number of fused-ring (bicyclic) bond motifs is 2. The summed E-state index contributed by atoms with van der Waals surface area (Å²) in [5.74, 6) is 0. The van der Waals surface area contributed by atoms with Gasteiger partial charge in [-0.2, -0.15) is 0 Å². The molecule has 4 saturated heterocycles. The molecule has 2 bridgehead atoms. The molecule has 2 atom stereocenters. The summed E-state index contributed by atoms with van der Waals surface area (Å²) in [4.78, 5) is 8.15. The predicted molar refractivity (Wildman–Crippen MR) is 75.9 cm³/mol. The summed E-state index contributed by atoms with van der Waals surface area (Å²) < 4.78 is 0. The van der Waals surface area contributed by atoms with E-state index in [0.717, 1.165) is 24.2 Å². The summed E-state index contributed by atoms with van der Waals surface area (Å²) in [7, 11) is 0. The molecule has 0 aromatic carbocycles. The second-order valence-electron chi connectivity index (χ2n) is 6.69. The molecule has 3 heteroatoms. The van der Waals surface area contributed by atoms with Gasteiger partial charge < -0.3 is 4.90 Å². The van der Waals surface area contributed by atoms with Gasteiger partial charge in [-0.15, -0.1) is 0 Å². The van der Waals surface area contributed by atoms with Crippen molar-refractivity contribution >= 4 is 0 Å². The van der Waals surface area contributed by atoms with Gasteiger partial charge >= 0.3 is 0 Å². The minimum absolute atomic E-state index is 0.733. The van der Waals surface area contributed by atoms with Gasteiger partial charge in [0.1, 0.15) is 0 Å². The van der Waals surface area contributed by atoms with Crippen molar-refractivity contribution in [3.05, 3.63) is 0 Å². The number of hydrogen-bond donors (Lipinski definition) is 0. The van der Waals surface area contributed by atoms with E-state index in [0.29, 0.717) is 0 Å². The largest absolute Gasteiger partial charge is 0.301 e. The van der Waals surface area contributed by atoms with Gasteiger partial charge in [0.15, 0.2) is 0 Å². The van der Waals surface area contributed by atoms with Gasteiger partial charge in [-0.25, -0.2) is 0 Å². The molecule has 0 saturated carbocycles. The van der Waals surface area contributed by atoms with Crippen molar-refractivity contribution in [1.82, 2.24) is 14.7 Å². The Kier molecular flexibility index (Phi) is 3.65. The van der Waals surface area contributed by atoms with Crippen molar-refractivity contribution < 1.29 is 0 Å². The van der Waals surface area contributed by atoms with E-state index >= 15 is 0 Å². The maximum Gasteiger partial charge on any atom is 0.0242 e. The lowest BCUT2D eigenvalue weighted by atomic mass is 9.85. The highest BCUT2D eigenvalue weighted by Crippen LogP contribution is 2.34. The van der Waals surface area contributed by atoms with E-state index in [1.165, 1.54) is 52.0 Å². The third-order valence-electron chi connectivity index (χ3n) is 5.48. The number of likely N-dealkylation sites (tertiary alicyclic amines) is 1. The maximum absolute atomic E-state index is 2.81. The molecular formula is C15H29N3. The van der Waals surface area contributed by atoms with Crippen molar-refractivity contribution in [2.75, 3.05) is 32.7 Å². The lowest BCUT2D eigenvalue weighted by Gasteiger charge is -2.58. The Morgan fingerprint density at radius 2 is 1.61 bits per heavy atom. The standard InChI is InChI=1S/C15H29N3/c1-4-18-14-9-15(18)11-17(10-14)13-5-7-16(8-6-13)12(2)3/h12-15H,4-11H2,1-3H3. The van der Waals surface area contributed by atoms with Crippen molar-refractivity contribution in [3.8, 4) is 0 Å². The molecule has 0 amide bonds. The minimum Gasteiger partial charge on any atom is -0.301 e. The van der Waals surface area contributed by atoms with E-state index in [1.807, 2.05) is 0 Å². The summed E-state index contributed by atoms with van der Waals surface area (Å²) in [6.07, 6.45) is 4.25. The summed E-state index contributed by atoms with van der Waals surface area (Å²) in [6, 6.07) is 3.38. The van der Waals surface area contributed by atoms with Crippen molar-refractivity contribution in [3.63, 3.8) is 0 Å². The van der Waals surface area contributed by atoms with Gasteiger partial charge in [0.05, 0.1) is 0 Å². The average molecular weight is 251 g/mol. The second kappa shape index (κ2) is 5.10. The van der Waals surface area contributed by atoms with E-state index in [4.69, 9.17) is 0 Å². The van der Waals surface area contributed by atoms with Crippen LogP contribution in [-0.4, -0.2) is 71.6 Å². The molecule has 0 aromatic heterocycles. The average Bonchev–Trinajstić information content (AvgIpc) is 2.39. The van der Waals surface area contributed by atoms with Crippen LogP contribution in [0.5, 0.6) is 0 Å². The molecule has 4 heterocycles. The summed E-state index contributed by atoms with van der Waals surface area (Å²) >= 11 is 0. The summed E-state index contributed by atoms with van der Waals surface area (Å²) in [5.41, 5.74) is 0. The fraction of sp³-hybridized carbons (Fsp3) is 1.00. The molecule has 3 nitrogen and oxygen atoms in total. The highest BCUT2D eigenvalue weighted by atomic mass is 15.4. The monoisotopic (exact) mass is 251 g/mol. The van der Waals surface area contributed by atoms with Crippen LogP contribution in [-0.2, 0) is 0 Å². The Hall–Kier alpha value is -0.120. The van der Waals surface area contributed by atoms with Crippen LogP contribution in [0.1, 0.15) is 40.0 Å². The first-order valence-corrected chi connectivity index (χ1v) is 7.93. The molecule has 4 rings (SSSR count). The zero-order valence-electron chi connectivity index (χ0n) is 12.3. The van der Waals surface area contributed by atoms with Gasteiger partial charge in [0.2, 0.25) is 0 Å². The third kappa shape index (κ3) is 2.21. The van der Waals surface area contributed by atoms with Crippen LogP contribution in [0, 0.1) is 0 Å². The molecular weight excluding hydrogens is 222 g/mol. The smallest absolute Gasteiger partial charge is 0.0242 e. The number of piperidine rings is 2. The number of rotatable bonds is 3. The van der Waals surface area contributed by atoms with E-state index in [2.05, 4.69) is 35.5 Å². The molecule has 0 radical (unpaired) electrons. The molecule has 0 spiro atoms. The highest BCUT2D eigenvalue weighted by molar-refractivity contribution is 5.02. The minimum atomic E-state index is 0.733. The zero-order chi connectivity index (χ0) is 12.7. The summed E-state index contributed by atoms with van der Waals surface area (Å²) in [6.45, 7) is 13.5. The maximum atomic E-state index is 2.81. The van der Waals surface area contributed by atoms with E-state index in [1.54, 1.807) is 0 Å². The normalized spacial score (nSPS) is 36.0. The molecule has 0 aliphatic carbocycles. The van der Waals surface area contributed by atoms with Gasteiger partial charge in [-0.3, -0.25) is 9.80 Å². The third-order valence-corrected chi connectivity index (χ3v) is 5.48. The Bertz CT molecular complexity index is 271. The number of hydrogen-bond acceptors (Lipinski definition) is 3. The topological polar surface area (TPSA) is 9.72 Å².